The van der Waals surface area contributed by atoms with Gasteiger partial charge in [0.05, 0.1) is 11.5 Å². The van der Waals surface area contributed by atoms with Gasteiger partial charge in [0.2, 0.25) is 0 Å². The summed E-state index contributed by atoms with van der Waals surface area (Å²) in [5, 5.41) is 18.7. The Bertz CT molecular complexity index is 670. The van der Waals surface area contributed by atoms with Gasteiger partial charge in [-0.2, -0.15) is 4.76 Å². The lowest BCUT2D eigenvalue weighted by Gasteiger charge is -2.15. The third-order valence-corrected chi connectivity index (χ3v) is 3.80. The summed E-state index contributed by atoms with van der Waals surface area (Å²) in [7, 11) is -4.51. The van der Waals surface area contributed by atoms with Crippen molar-refractivity contribution in [2.24, 2.45) is 4.76 Å². The predicted octanol–water partition coefficient (Wildman–Crippen LogP) is 3.02. The molecule has 0 unspecified atom stereocenters. The topological polar surface area (TPSA) is 110 Å². The molecule has 1 aromatic rings. The standard InChI is InChI=1S/C15H18NO5P/c17-13-7-4-11(5-8-13)2-1-3-12-6-9-14(18)10-15(12)16-22(19,20)21/h4-9,17-18H,1-3,10H2,(H2,19,20,21). The summed E-state index contributed by atoms with van der Waals surface area (Å²) in [5.74, 6) is 0.255. The van der Waals surface area contributed by atoms with Crippen LogP contribution < -0.4 is 0 Å². The fourth-order valence-electron chi connectivity index (χ4n) is 2.27. The van der Waals surface area contributed by atoms with Gasteiger partial charge in [-0.05, 0) is 48.6 Å². The molecule has 0 spiro atoms. The van der Waals surface area contributed by atoms with Crippen LogP contribution in [0.3, 0.4) is 0 Å². The molecule has 0 heterocycles. The molecule has 0 atom stereocenters. The maximum Gasteiger partial charge on any atom is 0.448 e. The summed E-state index contributed by atoms with van der Waals surface area (Å²) < 4.78 is 14.5. The molecule has 0 amide bonds. The lowest BCUT2D eigenvalue weighted by molar-refractivity contribution is 0.374. The minimum absolute atomic E-state index is 0.0366. The largest absolute Gasteiger partial charge is 0.512 e. The van der Waals surface area contributed by atoms with Crippen molar-refractivity contribution in [1.29, 1.82) is 0 Å². The third kappa shape index (κ3) is 5.15. The van der Waals surface area contributed by atoms with Crippen molar-refractivity contribution in [2.45, 2.75) is 25.7 Å². The molecular formula is C15H18NO5P. The van der Waals surface area contributed by atoms with E-state index in [-0.39, 0.29) is 23.6 Å². The highest BCUT2D eigenvalue weighted by Gasteiger charge is 2.19. The Morgan fingerprint density at radius 2 is 1.73 bits per heavy atom. The summed E-state index contributed by atoms with van der Waals surface area (Å²) in [6.45, 7) is 0. The number of aliphatic hydroxyl groups excluding tert-OH is 1. The molecular weight excluding hydrogens is 305 g/mol. The minimum atomic E-state index is -4.51. The minimum Gasteiger partial charge on any atom is -0.512 e. The molecule has 1 aromatic carbocycles. The van der Waals surface area contributed by atoms with Crippen LogP contribution in [0.5, 0.6) is 5.75 Å². The van der Waals surface area contributed by atoms with E-state index in [1.807, 2.05) is 12.1 Å². The summed E-state index contributed by atoms with van der Waals surface area (Å²) in [4.78, 5) is 17.9. The zero-order valence-electron chi connectivity index (χ0n) is 11.9. The van der Waals surface area contributed by atoms with E-state index in [0.29, 0.717) is 6.42 Å². The number of aromatic hydroxyl groups is 1. The second-order valence-electron chi connectivity index (χ2n) is 5.11. The van der Waals surface area contributed by atoms with Gasteiger partial charge in [0.1, 0.15) is 5.75 Å². The fourth-order valence-corrected chi connectivity index (χ4v) is 2.78. The number of rotatable bonds is 5. The average Bonchev–Trinajstić information content (AvgIpc) is 2.41. The second-order valence-corrected chi connectivity index (χ2v) is 6.33. The van der Waals surface area contributed by atoms with Crippen molar-refractivity contribution in [3.8, 4) is 5.75 Å². The van der Waals surface area contributed by atoms with Crippen LogP contribution >= 0.6 is 7.75 Å². The van der Waals surface area contributed by atoms with E-state index in [2.05, 4.69) is 4.76 Å². The van der Waals surface area contributed by atoms with Crippen LogP contribution in [0.2, 0.25) is 0 Å². The Morgan fingerprint density at radius 3 is 2.36 bits per heavy atom. The van der Waals surface area contributed by atoms with Gasteiger partial charge in [0.15, 0.2) is 0 Å². The maximum absolute atomic E-state index is 11.0. The first-order valence-corrected chi connectivity index (χ1v) is 8.41. The Kier molecular flexibility index (Phi) is 5.19. The Morgan fingerprint density at radius 1 is 1.05 bits per heavy atom. The van der Waals surface area contributed by atoms with Crippen molar-refractivity contribution in [2.75, 3.05) is 0 Å². The van der Waals surface area contributed by atoms with Crippen LogP contribution in [-0.4, -0.2) is 25.7 Å². The molecule has 1 aliphatic rings. The van der Waals surface area contributed by atoms with E-state index in [9.17, 15) is 14.8 Å². The first kappa shape index (κ1) is 16.5. The summed E-state index contributed by atoms with van der Waals surface area (Å²) in [6.07, 6.45) is 5.35. The Labute approximate surface area is 128 Å². The van der Waals surface area contributed by atoms with Crippen LogP contribution in [0.25, 0.3) is 0 Å². The van der Waals surface area contributed by atoms with Crippen LogP contribution in [-0.2, 0) is 11.0 Å². The van der Waals surface area contributed by atoms with Gasteiger partial charge in [-0.3, -0.25) is 0 Å². The average molecular weight is 323 g/mol. The first-order chi connectivity index (χ1) is 10.3. The number of hydrogen-bond acceptors (Lipinski definition) is 3. The van der Waals surface area contributed by atoms with Gasteiger partial charge in [0.25, 0.3) is 0 Å². The summed E-state index contributed by atoms with van der Waals surface area (Å²) in [5.41, 5.74) is 2.03. The molecule has 7 heteroatoms. The zero-order chi connectivity index (χ0) is 16.2. The zero-order valence-corrected chi connectivity index (χ0v) is 12.8. The number of nitrogens with zero attached hydrogens (tertiary/aromatic N) is 1. The number of phenols is 1. The van der Waals surface area contributed by atoms with Crippen molar-refractivity contribution < 1.29 is 24.6 Å². The highest BCUT2D eigenvalue weighted by atomic mass is 31.2. The van der Waals surface area contributed by atoms with E-state index in [1.165, 1.54) is 6.08 Å². The first-order valence-electron chi connectivity index (χ1n) is 6.85. The molecule has 118 valence electrons. The highest BCUT2D eigenvalue weighted by Crippen LogP contribution is 2.38. The predicted molar refractivity (Wildman–Crippen MR) is 83.9 cm³/mol. The molecule has 22 heavy (non-hydrogen) atoms. The molecule has 4 N–H and O–H groups in total. The van der Waals surface area contributed by atoms with Gasteiger partial charge in [-0.1, -0.05) is 18.2 Å². The van der Waals surface area contributed by atoms with E-state index in [0.717, 1.165) is 24.0 Å². The number of benzene rings is 1. The van der Waals surface area contributed by atoms with Gasteiger partial charge in [-0.15, -0.1) is 0 Å². The second kappa shape index (κ2) is 6.92. The third-order valence-electron chi connectivity index (χ3n) is 3.30. The quantitative estimate of drug-likeness (QED) is 0.623. The summed E-state index contributed by atoms with van der Waals surface area (Å²) >= 11 is 0. The lowest BCUT2D eigenvalue weighted by Crippen LogP contribution is -2.09. The molecule has 2 rings (SSSR count). The monoisotopic (exact) mass is 323 g/mol. The van der Waals surface area contributed by atoms with Crippen LogP contribution in [0.4, 0.5) is 0 Å². The van der Waals surface area contributed by atoms with E-state index in [4.69, 9.17) is 9.79 Å². The molecule has 0 fully saturated rings. The van der Waals surface area contributed by atoms with Gasteiger partial charge >= 0.3 is 7.75 Å². The van der Waals surface area contributed by atoms with Gasteiger partial charge < -0.3 is 20.0 Å². The van der Waals surface area contributed by atoms with Gasteiger partial charge in [-0.25, -0.2) is 4.57 Å². The molecule has 6 nitrogen and oxygen atoms in total. The number of hydrogen-bond donors (Lipinski definition) is 4. The van der Waals surface area contributed by atoms with Crippen molar-refractivity contribution in [1.82, 2.24) is 0 Å². The SMILES string of the molecule is O=P(O)(O)N=C1CC(O)=CC=C1CCCc1ccc(O)cc1. The molecule has 0 bridgehead atoms. The number of aliphatic hydroxyl groups is 1. The van der Waals surface area contributed by atoms with Crippen molar-refractivity contribution in [3.05, 3.63) is 53.3 Å². The highest BCUT2D eigenvalue weighted by molar-refractivity contribution is 7.50. The number of phenolic OH excluding ortho intramolecular Hbond substituents is 1. The molecule has 0 saturated heterocycles. The number of aryl methyl sites for hydroxylation is 1. The lowest BCUT2D eigenvalue weighted by atomic mass is 9.95. The Hall–Kier alpha value is -1.88. The molecule has 0 aliphatic heterocycles. The van der Waals surface area contributed by atoms with Gasteiger partial charge in [0, 0.05) is 6.42 Å². The van der Waals surface area contributed by atoms with E-state index >= 15 is 0 Å². The normalized spacial score (nSPS) is 17.3. The Balaban J connectivity index is 2.01. The molecule has 0 aromatic heterocycles. The fraction of sp³-hybridized carbons (Fsp3) is 0.267. The molecule has 0 radical (unpaired) electrons. The van der Waals surface area contributed by atoms with E-state index in [1.54, 1.807) is 18.2 Å². The number of allylic oxidation sites excluding steroid dienone is 4. The van der Waals surface area contributed by atoms with Crippen molar-refractivity contribution >= 4 is 13.5 Å². The van der Waals surface area contributed by atoms with E-state index < -0.39 is 7.75 Å². The maximum atomic E-state index is 11.0. The van der Waals surface area contributed by atoms with Crippen LogP contribution in [0, 0.1) is 0 Å². The van der Waals surface area contributed by atoms with Crippen LogP contribution in [0.1, 0.15) is 24.8 Å². The smallest absolute Gasteiger partial charge is 0.448 e. The molecule has 0 saturated carbocycles. The summed E-state index contributed by atoms with van der Waals surface area (Å²) in [6, 6.07) is 6.91. The van der Waals surface area contributed by atoms with Crippen LogP contribution in [0.15, 0.2) is 52.5 Å². The van der Waals surface area contributed by atoms with Crippen molar-refractivity contribution in [3.63, 3.8) is 0 Å². The molecule has 1 aliphatic carbocycles.